The molecule has 0 aliphatic carbocycles. The Bertz CT molecular complexity index is 1500. The highest BCUT2D eigenvalue weighted by atomic mass is 32.2. The van der Waals surface area contributed by atoms with Gasteiger partial charge < -0.3 is 19.5 Å². The molecular weight excluding hydrogens is 536 g/mol. The van der Waals surface area contributed by atoms with Gasteiger partial charge in [0.15, 0.2) is 0 Å². The highest BCUT2D eigenvalue weighted by molar-refractivity contribution is 7.91. The third kappa shape index (κ3) is 5.66. The molecule has 39 heavy (non-hydrogen) atoms. The van der Waals surface area contributed by atoms with Crippen LogP contribution >= 0.6 is 11.3 Å². The van der Waals surface area contributed by atoms with E-state index in [4.69, 9.17) is 0 Å². The number of amides is 1. The van der Waals surface area contributed by atoms with Gasteiger partial charge in [0.25, 0.3) is 10.0 Å². The van der Waals surface area contributed by atoms with Gasteiger partial charge in [-0.25, -0.2) is 18.2 Å². The Labute approximate surface area is 232 Å². The number of aromatic nitrogens is 2. The number of benzene rings is 1. The molecule has 1 N–H and O–H groups in total. The van der Waals surface area contributed by atoms with E-state index in [1.807, 2.05) is 42.2 Å². The number of nitriles is 1. The van der Waals surface area contributed by atoms with Gasteiger partial charge in [-0.2, -0.15) is 9.57 Å². The number of piperidine rings is 1. The topological polar surface area (TPSA) is 123 Å². The van der Waals surface area contributed by atoms with Gasteiger partial charge in [-0.15, -0.1) is 11.3 Å². The first-order valence-corrected chi connectivity index (χ1v) is 15.3. The van der Waals surface area contributed by atoms with Gasteiger partial charge >= 0.3 is 6.09 Å². The zero-order valence-corrected chi connectivity index (χ0v) is 23.7. The van der Waals surface area contributed by atoms with Gasteiger partial charge in [0.05, 0.1) is 30.2 Å². The molecule has 0 radical (unpaired) electrons. The first-order chi connectivity index (χ1) is 18.7. The van der Waals surface area contributed by atoms with Crippen molar-refractivity contribution in [1.29, 1.82) is 5.26 Å². The van der Waals surface area contributed by atoms with Crippen LogP contribution in [0.2, 0.25) is 0 Å². The van der Waals surface area contributed by atoms with E-state index < -0.39 is 16.1 Å². The molecule has 206 valence electrons. The van der Waals surface area contributed by atoms with E-state index in [1.54, 1.807) is 22.8 Å². The number of likely N-dealkylation sites (tertiary alicyclic amines) is 1. The minimum atomic E-state index is -3.81. The molecule has 5 rings (SSSR count). The Morgan fingerprint density at radius 1 is 1.28 bits per heavy atom. The molecule has 0 saturated carbocycles. The lowest BCUT2D eigenvalue weighted by atomic mass is 9.93. The molecule has 1 fully saturated rings. The monoisotopic (exact) mass is 568 g/mol. The maximum atomic E-state index is 14.2. The van der Waals surface area contributed by atoms with Gasteiger partial charge in [0.2, 0.25) is 0 Å². The molecule has 4 heterocycles. The minimum absolute atomic E-state index is 0.0498. The van der Waals surface area contributed by atoms with Crippen molar-refractivity contribution in [3.05, 3.63) is 64.6 Å². The molecule has 2 aliphatic rings. The van der Waals surface area contributed by atoms with E-state index >= 15 is 0 Å². The quantitative estimate of drug-likeness (QED) is 0.461. The van der Waals surface area contributed by atoms with Crippen LogP contribution in [0.1, 0.15) is 35.2 Å². The molecular formula is C27H32N6O4S2. The molecule has 12 heteroatoms. The molecule has 1 aromatic carbocycles. The molecule has 10 nitrogen and oxygen atoms in total. The first-order valence-electron chi connectivity index (χ1n) is 12.9. The van der Waals surface area contributed by atoms with Crippen molar-refractivity contribution >= 4 is 33.1 Å². The lowest BCUT2D eigenvalue weighted by molar-refractivity contribution is 0.118. The fourth-order valence-electron chi connectivity index (χ4n) is 5.53. The lowest BCUT2D eigenvalue weighted by Crippen LogP contribution is -2.52. The number of hydrogen-bond donors (Lipinski definition) is 1. The molecule has 1 unspecified atom stereocenters. The summed E-state index contributed by atoms with van der Waals surface area (Å²) >= 11 is 1.23. The van der Waals surface area contributed by atoms with Crippen LogP contribution in [-0.2, 0) is 30.0 Å². The second-order valence-corrected chi connectivity index (χ2v) is 13.4. The number of thiophene rings is 1. The van der Waals surface area contributed by atoms with Crippen LogP contribution in [0, 0.1) is 24.2 Å². The van der Waals surface area contributed by atoms with Crippen molar-refractivity contribution in [2.24, 2.45) is 13.0 Å². The van der Waals surface area contributed by atoms with Gasteiger partial charge in [-0.3, -0.25) is 0 Å². The predicted octanol–water partition coefficient (Wildman–Crippen LogP) is 3.67. The van der Waals surface area contributed by atoms with Crippen LogP contribution < -0.4 is 4.90 Å². The van der Waals surface area contributed by atoms with Gasteiger partial charge in [0.1, 0.15) is 4.21 Å². The Morgan fingerprint density at radius 3 is 2.67 bits per heavy atom. The number of carbonyl (C=O) groups is 1. The Hall–Kier alpha value is -3.40. The normalized spacial score (nSPS) is 18.3. The van der Waals surface area contributed by atoms with Crippen molar-refractivity contribution in [3.8, 4) is 6.07 Å². The standard InChI is InChI=1S/C27H32N6O4S2/c1-19-9-26(38-17-19)39(36,37)33(14-20-5-7-31(8-6-20)27(34)35)23-11-22-10-21(12-28)3-4-25(22)32(15-23)16-24-13-29-18-30(24)2/h3-4,9-10,13,17-18,20,23H,5-8,11,14-16H2,1-2H3,(H,34,35). The summed E-state index contributed by atoms with van der Waals surface area (Å²) in [5.41, 5.74) is 4.37. The molecule has 1 atom stereocenters. The summed E-state index contributed by atoms with van der Waals surface area (Å²) < 4.78 is 32.2. The number of aryl methyl sites for hydroxylation is 2. The summed E-state index contributed by atoms with van der Waals surface area (Å²) in [6, 6.07) is 9.19. The average molecular weight is 569 g/mol. The number of rotatable bonds is 7. The van der Waals surface area contributed by atoms with Crippen LogP contribution in [0.25, 0.3) is 0 Å². The van der Waals surface area contributed by atoms with Crippen molar-refractivity contribution in [1.82, 2.24) is 18.8 Å². The fourth-order valence-corrected chi connectivity index (χ4v) is 8.58. The molecule has 2 aliphatic heterocycles. The third-order valence-electron chi connectivity index (χ3n) is 7.71. The third-order valence-corrected chi connectivity index (χ3v) is 11.2. The maximum Gasteiger partial charge on any atom is 0.407 e. The summed E-state index contributed by atoms with van der Waals surface area (Å²) in [5.74, 6) is 0.0498. The number of fused-ring (bicyclic) bond motifs is 1. The predicted molar refractivity (Wildman–Crippen MR) is 148 cm³/mol. The van der Waals surface area contributed by atoms with E-state index in [1.165, 1.54) is 16.2 Å². The van der Waals surface area contributed by atoms with Crippen molar-refractivity contribution in [2.45, 2.75) is 43.0 Å². The van der Waals surface area contributed by atoms with E-state index in [0.717, 1.165) is 22.5 Å². The van der Waals surface area contributed by atoms with Crippen molar-refractivity contribution in [2.75, 3.05) is 31.1 Å². The summed E-state index contributed by atoms with van der Waals surface area (Å²) in [7, 11) is -1.87. The number of sulfonamides is 1. The Kier molecular flexibility index (Phi) is 7.66. The van der Waals surface area contributed by atoms with Crippen LogP contribution in [0.5, 0.6) is 0 Å². The molecule has 1 amide bonds. The smallest absolute Gasteiger partial charge is 0.407 e. The van der Waals surface area contributed by atoms with Crippen LogP contribution in [0.15, 0.2) is 46.4 Å². The second-order valence-electron chi connectivity index (χ2n) is 10.4. The van der Waals surface area contributed by atoms with Crippen LogP contribution in [0.3, 0.4) is 0 Å². The average Bonchev–Trinajstić information content (AvgIpc) is 3.55. The molecule has 0 bridgehead atoms. The van der Waals surface area contributed by atoms with E-state index in [0.29, 0.717) is 61.8 Å². The van der Waals surface area contributed by atoms with Crippen LogP contribution in [0.4, 0.5) is 10.5 Å². The fraction of sp³-hybridized carbons (Fsp3) is 0.444. The van der Waals surface area contributed by atoms with Gasteiger partial charge in [0, 0.05) is 51.2 Å². The number of carboxylic acid groups (broad SMARTS) is 1. The largest absolute Gasteiger partial charge is 0.465 e. The maximum absolute atomic E-state index is 14.2. The van der Waals surface area contributed by atoms with Crippen molar-refractivity contribution in [3.63, 3.8) is 0 Å². The molecule has 0 spiro atoms. The van der Waals surface area contributed by atoms with Crippen molar-refractivity contribution < 1.29 is 18.3 Å². The SMILES string of the molecule is Cc1csc(S(=O)(=O)N(CC2CCN(C(=O)O)CC2)C2Cc3cc(C#N)ccc3N(Cc3cncn3C)C2)c1. The van der Waals surface area contributed by atoms with Gasteiger partial charge in [-0.05, 0) is 72.9 Å². The number of imidazole rings is 1. The van der Waals surface area contributed by atoms with Crippen LogP contribution in [-0.4, -0.2) is 70.6 Å². The number of hydrogen-bond acceptors (Lipinski definition) is 7. The number of anilines is 1. The lowest BCUT2D eigenvalue weighted by Gasteiger charge is -2.42. The zero-order chi connectivity index (χ0) is 27.7. The van der Waals surface area contributed by atoms with E-state index in [-0.39, 0.29) is 12.0 Å². The summed E-state index contributed by atoms with van der Waals surface area (Å²) in [5, 5.41) is 20.8. The molecule has 3 aromatic rings. The highest BCUT2D eigenvalue weighted by Gasteiger charge is 2.39. The summed E-state index contributed by atoms with van der Waals surface area (Å²) in [6.45, 7) is 4.05. The zero-order valence-electron chi connectivity index (χ0n) is 22.0. The Morgan fingerprint density at radius 2 is 2.05 bits per heavy atom. The second kappa shape index (κ2) is 11.0. The Balaban J connectivity index is 1.50. The molecule has 2 aromatic heterocycles. The minimum Gasteiger partial charge on any atom is -0.465 e. The summed E-state index contributed by atoms with van der Waals surface area (Å²) in [4.78, 5) is 19.2. The number of nitrogens with zero attached hydrogens (tertiary/aromatic N) is 6. The molecule has 1 saturated heterocycles. The van der Waals surface area contributed by atoms with E-state index in [2.05, 4.69) is 16.0 Å². The highest BCUT2D eigenvalue weighted by Crippen LogP contribution is 2.35. The first kappa shape index (κ1) is 27.2. The van der Waals surface area contributed by atoms with E-state index in [9.17, 15) is 23.6 Å². The van der Waals surface area contributed by atoms with Gasteiger partial charge in [-0.1, -0.05) is 0 Å². The summed E-state index contributed by atoms with van der Waals surface area (Å²) in [6.07, 6.45) is 4.34.